The quantitative estimate of drug-likeness (QED) is 0.219. The molecule has 0 saturated carbocycles. The van der Waals surface area contributed by atoms with Gasteiger partial charge in [-0.3, -0.25) is 24.2 Å². The first-order valence-electron chi connectivity index (χ1n) is 17.0. The van der Waals surface area contributed by atoms with Gasteiger partial charge in [-0.1, -0.05) is 36.4 Å². The van der Waals surface area contributed by atoms with E-state index in [1.165, 1.54) is 5.69 Å². The van der Waals surface area contributed by atoms with Crippen LogP contribution in [-0.2, 0) is 22.7 Å². The zero-order valence-electron chi connectivity index (χ0n) is 27.8. The molecular formula is C37H43N7O4. The summed E-state index contributed by atoms with van der Waals surface area (Å²) in [5.74, 6) is -0.403. The Balaban J connectivity index is 1.14. The molecule has 2 fully saturated rings. The number of rotatable bonds is 10. The summed E-state index contributed by atoms with van der Waals surface area (Å²) in [6, 6.07) is 15.2. The van der Waals surface area contributed by atoms with E-state index < -0.39 is 5.97 Å². The maximum atomic E-state index is 11.6. The highest BCUT2D eigenvalue weighted by molar-refractivity contribution is 5.82. The molecule has 1 amide bonds. The van der Waals surface area contributed by atoms with Gasteiger partial charge in [0, 0.05) is 49.8 Å². The maximum absolute atomic E-state index is 11.6. The number of carboxylic acids is 1. The van der Waals surface area contributed by atoms with Gasteiger partial charge < -0.3 is 20.5 Å². The van der Waals surface area contributed by atoms with E-state index in [0.29, 0.717) is 38.4 Å². The number of likely N-dealkylation sites (tertiary alicyclic amines) is 1. The van der Waals surface area contributed by atoms with Gasteiger partial charge in [-0.25, -0.2) is 4.98 Å². The molecular weight excluding hydrogens is 606 g/mol. The molecule has 3 aliphatic rings. The second kappa shape index (κ2) is 13.5. The van der Waals surface area contributed by atoms with Crippen molar-refractivity contribution in [2.75, 3.05) is 26.7 Å². The standard InChI is InChI=1S/C37H43N7O4/c1-22-26(7-4-9-28(22)30-17-34-33(11-6-15-44(34)42-30)43-16-14-24(21-43)37(46)47)27-8-5-10-29(23(27)2)31-20-39-32(36(41-31)48-3)19-38-18-25-12-13-35(45)40-25/h4-5,7-10,17,20,24-25,33,38H,6,11-16,18-19,21H2,1-3H3,(H,40,45)(H,46,47)/t24-,25+,33?/m1/s1. The van der Waals surface area contributed by atoms with E-state index in [1.54, 1.807) is 13.3 Å². The van der Waals surface area contributed by atoms with Crippen molar-refractivity contribution in [3.63, 3.8) is 0 Å². The molecule has 7 rings (SSSR count). The molecule has 2 saturated heterocycles. The molecule has 1 unspecified atom stereocenters. The molecule has 3 N–H and O–H groups in total. The molecule has 3 aliphatic heterocycles. The van der Waals surface area contributed by atoms with Crippen LogP contribution in [0, 0.1) is 19.8 Å². The van der Waals surface area contributed by atoms with E-state index >= 15 is 0 Å². The van der Waals surface area contributed by atoms with Crippen molar-refractivity contribution in [3.05, 3.63) is 71.2 Å². The fourth-order valence-electron chi connectivity index (χ4n) is 7.65. The predicted molar refractivity (Wildman–Crippen MR) is 182 cm³/mol. The maximum Gasteiger partial charge on any atom is 0.307 e. The minimum Gasteiger partial charge on any atom is -0.481 e. The van der Waals surface area contributed by atoms with Gasteiger partial charge in [-0.2, -0.15) is 5.10 Å². The number of nitrogens with zero attached hydrogens (tertiary/aromatic N) is 5. The molecule has 11 nitrogen and oxygen atoms in total. The number of hydrogen-bond acceptors (Lipinski definition) is 8. The van der Waals surface area contributed by atoms with Crippen molar-refractivity contribution in [1.82, 2.24) is 35.3 Å². The highest BCUT2D eigenvalue weighted by atomic mass is 16.5. The topological polar surface area (TPSA) is 134 Å². The third-order valence-electron chi connectivity index (χ3n) is 10.3. The highest BCUT2D eigenvalue weighted by Crippen LogP contribution is 2.39. The lowest BCUT2D eigenvalue weighted by atomic mass is 9.90. The average molecular weight is 650 g/mol. The monoisotopic (exact) mass is 649 g/mol. The number of amides is 1. The van der Waals surface area contributed by atoms with E-state index in [-0.39, 0.29) is 23.9 Å². The fourth-order valence-corrected chi connectivity index (χ4v) is 7.65. The van der Waals surface area contributed by atoms with E-state index in [4.69, 9.17) is 19.8 Å². The SMILES string of the molecule is COc1nc(-c2cccc(-c3cccc(-c4cc5n(n4)CCCC5N4CC[C@@H](C(=O)O)C4)c3C)c2C)cnc1CNC[C@@H]1CCC(=O)N1. The van der Waals surface area contributed by atoms with Crippen molar-refractivity contribution < 1.29 is 19.4 Å². The van der Waals surface area contributed by atoms with Crippen LogP contribution in [0.5, 0.6) is 5.88 Å². The zero-order valence-corrected chi connectivity index (χ0v) is 27.8. The number of benzene rings is 2. The number of methoxy groups -OCH3 is 1. The average Bonchev–Trinajstić information content (AvgIpc) is 3.85. The fraction of sp³-hybridized carbons (Fsp3) is 0.432. The van der Waals surface area contributed by atoms with Crippen LogP contribution in [0.3, 0.4) is 0 Å². The van der Waals surface area contributed by atoms with Gasteiger partial charge in [-0.05, 0) is 74.4 Å². The third kappa shape index (κ3) is 6.20. The summed E-state index contributed by atoms with van der Waals surface area (Å²) in [7, 11) is 1.61. The second-order valence-corrected chi connectivity index (χ2v) is 13.3. The lowest BCUT2D eigenvalue weighted by molar-refractivity contribution is -0.141. The third-order valence-corrected chi connectivity index (χ3v) is 10.3. The van der Waals surface area contributed by atoms with E-state index in [2.05, 4.69) is 76.5 Å². The van der Waals surface area contributed by atoms with Crippen LogP contribution in [0.2, 0.25) is 0 Å². The van der Waals surface area contributed by atoms with Gasteiger partial charge in [-0.15, -0.1) is 0 Å². The van der Waals surface area contributed by atoms with Crippen molar-refractivity contribution >= 4 is 11.9 Å². The number of nitrogens with one attached hydrogen (secondary N) is 2. The lowest BCUT2D eigenvalue weighted by Gasteiger charge is -2.31. The first-order chi connectivity index (χ1) is 23.3. The molecule has 0 aliphatic carbocycles. The molecule has 2 aromatic carbocycles. The Morgan fingerprint density at radius 1 is 1.02 bits per heavy atom. The molecule has 0 bridgehead atoms. The summed E-state index contributed by atoms with van der Waals surface area (Å²) < 4.78 is 7.79. The Hall–Kier alpha value is -4.61. The Morgan fingerprint density at radius 3 is 2.42 bits per heavy atom. The molecule has 48 heavy (non-hydrogen) atoms. The molecule has 5 heterocycles. The van der Waals surface area contributed by atoms with Crippen molar-refractivity contribution in [2.24, 2.45) is 5.92 Å². The smallest absolute Gasteiger partial charge is 0.307 e. The zero-order chi connectivity index (χ0) is 33.4. The van der Waals surface area contributed by atoms with Crippen LogP contribution >= 0.6 is 0 Å². The first kappa shape index (κ1) is 32.0. The van der Waals surface area contributed by atoms with Crippen molar-refractivity contribution in [1.29, 1.82) is 0 Å². The van der Waals surface area contributed by atoms with Crippen LogP contribution < -0.4 is 15.4 Å². The molecule has 4 aromatic rings. The van der Waals surface area contributed by atoms with E-state index in [0.717, 1.165) is 82.8 Å². The first-order valence-corrected chi connectivity index (χ1v) is 17.0. The summed E-state index contributed by atoms with van der Waals surface area (Å²) in [6.07, 6.45) is 5.98. The van der Waals surface area contributed by atoms with Gasteiger partial charge >= 0.3 is 5.97 Å². The van der Waals surface area contributed by atoms with Gasteiger partial charge in [0.1, 0.15) is 5.69 Å². The summed E-state index contributed by atoms with van der Waals surface area (Å²) in [5, 5.41) is 21.0. The summed E-state index contributed by atoms with van der Waals surface area (Å²) >= 11 is 0. The normalized spacial score (nSPS) is 20.9. The predicted octanol–water partition coefficient (Wildman–Crippen LogP) is 4.91. The van der Waals surface area contributed by atoms with Crippen molar-refractivity contribution in [2.45, 2.75) is 71.1 Å². The number of aromatic nitrogens is 4. The van der Waals surface area contributed by atoms with Gasteiger partial charge in [0.05, 0.1) is 42.3 Å². The Labute approximate surface area is 280 Å². The second-order valence-electron chi connectivity index (χ2n) is 13.3. The Bertz CT molecular complexity index is 1850. The number of fused-ring (bicyclic) bond motifs is 1. The minimum atomic E-state index is -0.696. The largest absolute Gasteiger partial charge is 0.481 e. The van der Waals surface area contributed by atoms with Crippen LogP contribution in [0.1, 0.15) is 60.7 Å². The number of carbonyl (C=O) groups excluding carboxylic acids is 1. The van der Waals surface area contributed by atoms with Gasteiger partial charge in [0.15, 0.2) is 0 Å². The lowest BCUT2D eigenvalue weighted by Crippen LogP contribution is -2.35. The van der Waals surface area contributed by atoms with Crippen LogP contribution in [0.4, 0.5) is 0 Å². The summed E-state index contributed by atoms with van der Waals surface area (Å²) in [4.78, 5) is 35.1. The number of hydrogen-bond donors (Lipinski definition) is 3. The van der Waals surface area contributed by atoms with Gasteiger partial charge in [0.2, 0.25) is 11.8 Å². The summed E-state index contributed by atoms with van der Waals surface area (Å²) in [5.41, 5.74) is 10.2. The molecule has 2 aromatic heterocycles. The highest BCUT2D eigenvalue weighted by Gasteiger charge is 2.36. The van der Waals surface area contributed by atoms with Gasteiger partial charge in [0.25, 0.3) is 0 Å². The van der Waals surface area contributed by atoms with Crippen molar-refractivity contribution in [3.8, 4) is 39.5 Å². The molecule has 0 spiro atoms. The minimum absolute atomic E-state index is 0.105. The number of aryl methyl sites for hydroxylation is 1. The summed E-state index contributed by atoms with van der Waals surface area (Å²) in [6.45, 7) is 7.73. The molecule has 0 radical (unpaired) electrons. The number of aliphatic carboxylic acids is 1. The van der Waals surface area contributed by atoms with Crippen LogP contribution in [0.25, 0.3) is 33.6 Å². The van der Waals surface area contributed by atoms with Crippen LogP contribution in [0.15, 0.2) is 48.7 Å². The molecule has 11 heteroatoms. The number of carboxylic acid groups (broad SMARTS) is 1. The molecule has 250 valence electrons. The van der Waals surface area contributed by atoms with Crippen LogP contribution in [-0.4, -0.2) is 74.4 Å². The number of ether oxygens (including phenoxy) is 1. The van der Waals surface area contributed by atoms with E-state index in [1.807, 2.05) is 0 Å². The molecule has 3 atom stereocenters. The number of carbonyl (C=O) groups is 2. The Kier molecular flexibility index (Phi) is 8.98. The van der Waals surface area contributed by atoms with E-state index in [9.17, 15) is 14.7 Å². The Morgan fingerprint density at radius 2 is 1.75 bits per heavy atom.